The van der Waals surface area contributed by atoms with Crippen molar-refractivity contribution >= 4 is 29.9 Å². The van der Waals surface area contributed by atoms with Gasteiger partial charge in [0.25, 0.3) is 0 Å². The van der Waals surface area contributed by atoms with Crippen molar-refractivity contribution in [1.29, 1.82) is 0 Å². The van der Waals surface area contributed by atoms with Crippen LogP contribution in [0.15, 0.2) is 4.99 Å². The molecule has 24 heavy (non-hydrogen) atoms. The first-order valence-electron chi connectivity index (χ1n) is 9.41. The molecule has 3 atom stereocenters. The normalized spacial score (nSPS) is 27.6. The molecule has 3 unspecified atom stereocenters. The summed E-state index contributed by atoms with van der Waals surface area (Å²) in [4.78, 5) is 4.31. The lowest BCUT2D eigenvalue weighted by atomic mass is 9.82. The van der Waals surface area contributed by atoms with Gasteiger partial charge in [-0.05, 0) is 43.9 Å². The third-order valence-electron chi connectivity index (χ3n) is 4.91. The lowest BCUT2D eigenvalue weighted by molar-refractivity contribution is 0.0168. The largest absolute Gasteiger partial charge is 0.379 e. The molecule has 6 heteroatoms. The highest BCUT2D eigenvalue weighted by molar-refractivity contribution is 14.0. The lowest BCUT2D eigenvalue weighted by Gasteiger charge is -2.27. The van der Waals surface area contributed by atoms with E-state index < -0.39 is 0 Å². The Kier molecular flexibility index (Phi) is 12.0. The van der Waals surface area contributed by atoms with Crippen LogP contribution < -0.4 is 10.6 Å². The van der Waals surface area contributed by atoms with Crippen molar-refractivity contribution in [2.75, 3.05) is 40.0 Å². The summed E-state index contributed by atoms with van der Waals surface area (Å²) in [7, 11) is 1.84. The number of ether oxygens (including phenoxy) is 2. The molecule has 0 aromatic carbocycles. The Morgan fingerprint density at radius 1 is 1.21 bits per heavy atom. The van der Waals surface area contributed by atoms with Crippen LogP contribution in [0.5, 0.6) is 0 Å². The molecule has 0 bridgehead atoms. The van der Waals surface area contributed by atoms with Crippen LogP contribution in [-0.2, 0) is 9.47 Å². The number of aliphatic imine (C=N–C) groups is 1. The van der Waals surface area contributed by atoms with Crippen molar-refractivity contribution in [3.63, 3.8) is 0 Å². The van der Waals surface area contributed by atoms with Crippen molar-refractivity contribution in [2.45, 2.75) is 58.0 Å². The predicted molar refractivity (Wildman–Crippen MR) is 110 cm³/mol. The van der Waals surface area contributed by atoms with Gasteiger partial charge >= 0.3 is 0 Å². The second-order valence-electron chi connectivity index (χ2n) is 7.08. The Morgan fingerprint density at radius 3 is 2.79 bits per heavy atom. The van der Waals surface area contributed by atoms with Gasteiger partial charge in [0.15, 0.2) is 5.96 Å². The third-order valence-corrected chi connectivity index (χ3v) is 4.91. The van der Waals surface area contributed by atoms with Gasteiger partial charge in [-0.15, -0.1) is 24.0 Å². The molecular weight excluding hydrogens is 417 g/mol. The van der Waals surface area contributed by atoms with Gasteiger partial charge in [-0.25, -0.2) is 0 Å². The summed E-state index contributed by atoms with van der Waals surface area (Å²) in [5.74, 6) is 2.60. The van der Waals surface area contributed by atoms with Crippen molar-refractivity contribution in [3.05, 3.63) is 0 Å². The van der Waals surface area contributed by atoms with Crippen molar-refractivity contribution < 1.29 is 9.47 Å². The number of nitrogens with zero attached hydrogens (tertiary/aromatic N) is 1. The first-order chi connectivity index (χ1) is 11.3. The lowest BCUT2D eigenvalue weighted by Crippen LogP contribution is -2.41. The van der Waals surface area contributed by atoms with E-state index in [1.165, 1.54) is 32.1 Å². The van der Waals surface area contributed by atoms with Gasteiger partial charge in [-0.1, -0.05) is 19.8 Å². The fourth-order valence-electron chi connectivity index (χ4n) is 3.58. The van der Waals surface area contributed by atoms with Gasteiger partial charge in [0.05, 0.1) is 12.7 Å². The van der Waals surface area contributed by atoms with Crippen LogP contribution in [0.25, 0.3) is 0 Å². The predicted octanol–water partition coefficient (Wildman–Crippen LogP) is 3.18. The Labute approximate surface area is 164 Å². The van der Waals surface area contributed by atoms with E-state index in [4.69, 9.17) is 9.47 Å². The Balaban J connectivity index is 0.00000288. The molecule has 0 aromatic heterocycles. The molecule has 2 rings (SSSR count). The second-order valence-corrected chi connectivity index (χ2v) is 7.08. The number of rotatable bonds is 8. The van der Waals surface area contributed by atoms with Crippen LogP contribution >= 0.6 is 24.0 Å². The van der Waals surface area contributed by atoms with E-state index in [9.17, 15) is 0 Å². The van der Waals surface area contributed by atoms with Crippen LogP contribution in [0.3, 0.4) is 0 Å². The SMILES string of the molecule is CN=C(NCCCOCC1CCCO1)NCC1CCCC(C)C1.I. The van der Waals surface area contributed by atoms with Crippen molar-refractivity contribution in [3.8, 4) is 0 Å². The van der Waals surface area contributed by atoms with Gasteiger partial charge in [0, 0.05) is 33.4 Å². The molecule has 0 radical (unpaired) electrons. The fourth-order valence-corrected chi connectivity index (χ4v) is 3.58. The Morgan fingerprint density at radius 2 is 2.08 bits per heavy atom. The fraction of sp³-hybridized carbons (Fsp3) is 0.944. The molecule has 1 saturated heterocycles. The Bertz CT molecular complexity index is 349. The maximum absolute atomic E-state index is 5.67. The molecule has 1 aliphatic heterocycles. The minimum Gasteiger partial charge on any atom is -0.379 e. The first kappa shape index (κ1) is 22.0. The molecule has 2 N–H and O–H groups in total. The quantitative estimate of drug-likeness (QED) is 0.257. The van der Waals surface area contributed by atoms with Gasteiger partial charge in [0.1, 0.15) is 0 Å². The van der Waals surface area contributed by atoms with E-state index in [0.717, 1.165) is 63.5 Å². The van der Waals surface area contributed by atoms with Gasteiger partial charge in [-0.2, -0.15) is 0 Å². The highest BCUT2D eigenvalue weighted by atomic mass is 127. The zero-order chi connectivity index (χ0) is 16.3. The molecule has 1 aliphatic carbocycles. The minimum atomic E-state index is 0. The van der Waals surface area contributed by atoms with Crippen LogP contribution in [0.4, 0.5) is 0 Å². The molecule has 1 heterocycles. The van der Waals surface area contributed by atoms with Gasteiger partial charge in [0.2, 0.25) is 0 Å². The van der Waals surface area contributed by atoms with Crippen LogP contribution in [-0.4, -0.2) is 52.0 Å². The number of hydrogen-bond acceptors (Lipinski definition) is 3. The molecule has 0 aromatic rings. The highest BCUT2D eigenvalue weighted by Gasteiger charge is 2.18. The minimum absolute atomic E-state index is 0. The topological polar surface area (TPSA) is 54.9 Å². The van der Waals surface area contributed by atoms with E-state index in [-0.39, 0.29) is 24.0 Å². The number of hydrogen-bond donors (Lipinski definition) is 2. The molecule has 2 fully saturated rings. The number of guanidine groups is 1. The zero-order valence-electron chi connectivity index (χ0n) is 15.4. The maximum Gasteiger partial charge on any atom is 0.190 e. The molecule has 0 spiro atoms. The molecule has 2 aliphatic rings. The average Bonchev–Trinajstić information content (AvgIpc) is 3.07. The smallest absolute Gasteiger partial charge is 0.190 e. The van der Waals surface area contributed by atoms with E-state index >= 15 is 0 Å². The van der Waals surface area contributed by atoms with E-state index in [2.05, 4.69) is 22.5 Å². The molecule has 142 valence electrons. The third kappa shape index (κ3) is 8.85. The average molecular weight is 453 g/mol. The van der Waals surface area contributed by atoms with Gasteiger partial charge in [-0.3, -0.25) is 4.99 Å². The zero-order valence-corrected chi connectivity index (χ0v) is 17.7. The molecule has 0 amide bonds. The van der Waals surface area contributed by atoms with E-state index in [1.807, 2.05) is 7.05 Å². The number of nitrogens with one attached hydrogen (secondary N) is 2. The monoisotopic (exact) mass is 453 g/mol. The molecule has 1 saturated carbocycles. The second kappa shape index (κ2) is 13.2. The van der Waals surface area contributed by atoms with Gasteiger partial charge < -0.3 is 20.1 Å². The van der Waals surface area contributed by atoms with Crippen LogP contribution in [0, 0.1) is 11.8 Å². The van der Waals surface area contributed by atoms with Crippen LogP contribution in [0.1, 0.15) is 51.9 Å². The van der Waals surface area contributed by atoms with E-state index in [1.54, 1.807) is 0 Å². The molecular formula is C18H36IN3O2. The summed E-state index contributed by atoms with van der Waals surface area (Å²) in [6, 6.07) is 0. The Hall–Kier alpha value is -0.0800. The summed E-state index contributed by atoms with van der Waals surface area (Å²) >= 11 is 0. The van der Waals surface area contributed by atoms with Crippen LogP contribution in [0.2, 0.25) is 0 Å². The first-order valence-corrected chi connectivity index (χ1v) is 9.41. The summed E-state index contributed by atoms with van der Waals surface area (Å²) < 4.78 is 11.2. The summed E-state index contributed by atoms with van der Waals surface area (Å²) in [6.45, 7) is 6.73. The summed E-state index contributed by atoms with van der Waals surface area (Å²) in [5, 5.41) is 6.85. The van der Waals surface area contributed by atoms with Crippen molar-refractivity contribution in [1.82, 2.24) is 10.6 Å². The standard InChI is InChI=1S/C18H35N3O2.HI/c1-15-6-3-7-16(12-15)13-21-18(19-2)20-9-5-10-22-14-17-8-4-11-23-17;/h15-17H,3-14H2,1-2H3,(H2,19,20,21);1H. The number of halogens is 1. The van der Waals surface area contributed by atoms with Crippen molar-refractivity contribution in [2.24, 2.45) is 16.8 Å². The maximum atomic E-state index is 5.67. The van der Waals surface area contributed by atoms with E-state index in [0.29, 0.717) is 6.10 Å². The molecule has 5 nitrogen and oxygen atoms in total. The highest BCUT2D eigenvalue weighted by Crippen LogP contribution is 2.27. The summed E-state index contributed by atoms with van der Waals surface area (Å²) in [5.41, 5.74) is 0. The summed E-state index contributed by atoms with van der Waals surface area (Å²) in [6.07, 6.45) is 9.12.